The second-order valence-corrected chi connectivity index (χ2v) is 8.00. The van der Waals surface area contributed by atoms with Gasteiger partial charge in [-0.15, -0.1) is 5.10 Å². The van der Waals surface area contributed by atoms with Gasteiger partial charge in [0.15, 0.2) is 0 Å². The van der Waals surface area contributed by atoms with E-state index in [1.165, 1.54) is 24.0 Å². The fourth-order valence-corrected chi connectivity index (χ4v) is 3.71. The molecule has 1 unspecified atom stereocenters. The summed E-state index contributed by atoms with van der Waals surface area (Å²) >= 11 is 0. The van der Waals surface area contributed by atoms with Crippen LogP contribution in [0.1, 0.15) is 66.1 Å². The maximum Gasteiger partial charge on any atom is 0.225 e. The maximum absolute atomic E-state index is 12.8. The van der Waals surface area contributed by atoms with Crippen LogP contribution in [0, 0.1) is 0 Å². The van der Waals surface area contributed by atoms with Gasteiger partial charge in [-0.2, -0.15) is 0 Å². The second kappa shape index (κ2) is 8.60. The normalized spacial score (nSPS) is 14.6. The lowest BCUT2D eigenvalue weighted by molar-refractivity contribution is -0.121. The summed E-state index contributed by atoms with van der Waals surface area (Å²) in [7, 11) is 1.83. The number of nitrogens with zero attached hydrogens (tertiary/aromatic N) is 3. The predicted molar refractivity (Wildman–Crippen MR) is 114 cm³/mol. The first-order valence-corrected chi connectivity index (χ1v) is 10.5. The van der Waals surface area contributed by atoms with Gasteiger partial charge < -0.3 is 5.32 Å². The summed E-state index contributed by atoms with van der Waals surface area (Å²) in [5.41, 5.74) is 5.48. The fourth-order valence-electron chi connectivity index (χ4n) is 3.71. The zero-order chi connectivity index (χ0) is 20.2. The molecular weight excluding hydrogens is 360 g/mol. The van der Waals surface area contributed by atoms with Crippen molar-refractivity contribution < 1.29 is 4.79 Å². The molecule has 1 aliphatic carbocycles. The van der Waals surface area contributed by atoms with Gasteiger partial charge in [0.25, 0.3) is 0 Å². The van der Waals surface area contributed by atoms with Gasteiger partial charge in [0.2, 0.25) is 5.91 Å². The first-order chi connectivity index (χ1) is 14.1. The van der Waals surface area contributed by atoms with Crippen LogP contribution in [0.4, 0.5) is 0 Å². The average Bonchev–Trinajstić information content (AvgIpc) is 3.48. The van der Waals surface area contributed by atoms with E-state index in [0.717, 1.165) is 35.6 Å². The molecule has 1 aromatic heterocycles. The van der Waals surface area contributed by atoms with Crippen LogP contribution in [0.15, 0.2) is 54.7 Å². The Morgan fingerprint density at radius 3 is 2.38 bits per heavy atom. The highest BCUT2D eigenvalue weighted by Crippen LogP contribution is 2.39. The molecule has 5 nitrogen and oxygen atoms in total. The number of aromatic nitrogens is 3. The van der Waals surface area contributed by atoms with Crippen LogP contribution in [0.3, 0.4) is 0 Å². The molecule has 1 fully saturated rings. The Balaban J connectivity index is 1.49. The zero-order valence-corrected chi connectivity index (χ0v) is 17.1. The number of hydrogen-bond donors (Lipinski definition) is 1. The molecule has 3 aromatic rings. The molecule has 0 bridgehead atoms. The van der Waals surface area contributed by atoms with Crippen LogP contribution < -0.4 is 5.32 Å². The van der Waals surface area contributed by atoms with Crippen LogP contribution >= 0.6 is 0 Å². The van der Waals surface area contributed by atoms with E-state index in [0.29, 0.717) is 6.42 Å². The third-order valence-corrected chi connectivity index (χ3v) is 5.47. The lowest BCUT2D eigenvalue weighted by Crippen LogP contribution is -2.31. The molecular formula is C24H28N4O. The van der Waals surface area contributed by atoms with Crippen molar-refractivity contribution in [2.24, 2.45) is 7.05 Å². The van der Waals surface area contributed by atoms with Crippen molar-refractivity contribution >= 4 is 5.91 Å². The minimum Gasteiger partial charge on any atom is -0.343 e. The molecule has 0 spiro atoms. The number of carbonyl (C=O) groups is 1. The van der Waals surface area contributed by atoms with Gasteiger partial charge in [-0.3, -0.25) is 9.48 Å². The Morgan fingerprint density at radius 1 is 1.10 bits per heavy atom. The van der Waals surface area contributed by atoms with Crippen molar-refractivity contribution in [1.29, 1.82) is 0 Å². The van der Waals surface area contributed by atoms with Crippen LogP contribution in [0.5, 0.6) is 0 Å². The summed E-state index contributed by atoms with van der Waals surface area (Å²) in [6.07, 6.45) is 6.96. The molecule has 1 heterocycles. The Morgan fingerprint density at radius 2 is 1.79 bits per heavy atom. The zero-order valence-electron chi connectivity index (χ0n) is 17.1. The van der Waals surface area contributed by atoms with Crippen LogP contribution in [0.25, 0.3) is 0 Å². The number of rotatable bonds is 8. The van der Waals surface area contributed by atoms with Gasteiger partial charge in [-0.25, -0.2) is 0 Å². The van der Waals surface area contributed by atoms with Crippen molar-refractivity contribution in [3.8, 4) is 0 Å². The molecule has 0 radical (unpaired) electrons. The molecule has 0 saturated heterocycles. The quantitative estimate of drug-likeness (QED) is 0.632. The lowest BCUT2D eigenvalue weighted by atomic mass is 10.00. The smallest absolute Gasteiger partial charge is 0.225 e. The first kappa shape index (κ1) is 19.4. The largest absolute Gasteiger partial charge is 0.343 e. The topological polar surface area (TPSA) is 59.8 Å². The monoisotopic (exact) mass is 388 g/mol. The standard InChI is InChI=1S/C24H28N4O/c1-3-4-17-5-11-21(12-6-17)24(22-16-28(2)27-26-22)25-23(29)15-18-7-9-19(10-8-18)20-13-14-20/h5-12,16,20,24H,3-4,13-15H2,1-2H3,(H,25,29). The highest BCUT2D eigenvalue weighted by Gasteiger charge is 2.23. The summed E-state index contributed by atoms with van der Waals surface area (Å²) in [6, 6.07) is 16.6. The van der Waals surface area contributed by atoms with Crippen LogP contribution in [-0.2, 0) is 24.7 Å². The van der Waals surface area contributed by atoms with Gasteiger partial charge in [-0.1, -0.05) is 67.1 Å². The summed E-state index contributed by atoms with van der Waals surface area (Å²) in [4.78, 5) is 12.8. The van der Waals surface area contributed by atoms with E-state index in [2.05, 4.69) is 71.1 Å². The molecule has 1 saturated carbocycles. The predicted octanol–water partition coefficient (Wildman–Crippen LogP) is 4.09. The molecule has 29 heavy (non-hydrogen) atoms. The van der Waals surface area contributed by atoms with Crippen LogP contribution in [-0.4, -0.2) is 20.9 Å². The van der Waals surface area contributed by atoms with E-state index in [1.807, 2.05) is 13.2 Å². The van der Waals surface area contributed by atoms with Crippen molar-refractivity contribution in [2.45, 2.75) is 51.0 Å². The fraction of sp³-hybridized carbons (Fsp3) is 0.375. The third-order valence-electron chi connectivity index (χ3n) is 5.47. The van der Waals surface area contributed by atoms with Crippen LogP contribution in [0.2, 0.25) is 0 Å². The number of carbonyl (C=O) groups excluding carboxylic acids is 1. The van der Waals surface area contributed by atoms with E-state index in [-0.39, 0.29) is 11.9 Å². The van der Waals surface area contributed by atoms with Gasteiger partial charge in [-0.05, 0) is 47.4 Å². The van der Waals surface area contributed by atoms with E-state index >= 15 is 0 Å². The van der Waals surface area contributed by atoms with Crippen molar-refractivity contribution in [3.05, 3.63) is 82.7 Å². The van der Waals surface area contributed by atoms with E-state index < -0.39 is 0 Å². The lowest BCUT2D eigenvalue weighted by Gasteiger charge is -2.17. The summed E-state index contributed by atoms with van der Waals surface area (Å²) in [6.45, 7) is 2.17. The van der Waals surface area contributed by atoms with Gasteiger partial charge in [0, 0.05) is 7.05 Å². The number of amides is 1. The summed E-state index contributed by atoms with van der Waals surface area (Å²) < 4.78 is 1.66. The molecule has 1 atom stereocenters. The van der Waals surface area contributed by atoms with Crippen molar-refractivity contribution in [1.82, 2.24) is 20.3 Å². The molecule has 0 aliphatic heterocycles. The SMILES string of the molecule is CCCc1ccc(C(NC(=O)Cc2ccc(C3CC3)cc2)c2cn(C)nn2)cc1. The van der Waals surface area contributed by atoms with Crippen molar-refractivity contribution in [3.63, 3.8) is 0 Å². The molecule has 1 N–H and O–H groups in total. The van der Waals surface area contributed by atoms with Crippen molar-refractivity contribution in [2.75, 3.05) is 0 Å². The summed E-state index contributed by atoms with van der Waals surface area (Å²) in [5.74, 6) is 0.715. The average molecular weight is 389 g/mol. The third kappa shape index (κ3) is 4.91. The molecule has 2 aromatic carbocycles. The molecule has 150 valence electrons. The Labute approximate surface area is 172 Å². The van der Waals surface area contributed by atoms with Gasteiger partial charge >= 0.3 is 0 Å². The van der Waals surface area contributed by atoms with E-state index in [4.69, 9.17) is 0 Å². The number of hydrogen-bond acceptors (Lipinski definition) is 3. The van der Waals surface area contributed by atoms with Gasteiger partial charge in [0.1, 0.15) is 5.69 Å². The molecule has 4 rings (SSSR count). The van der Waals surface area contributed by atoms with Gasteiger partial charge in [0.05, 0.1) is 18.7 Å². The maximum atomic E-state index is 12.8. The molecule has 1 aliphatic rings. The Bertz CT molecular complexity index is 955. The number of benzene rings is 2. The number of aryl methyl sites for hydroxylation is 2. The number of nitrogens with one attached hydrogen (secondary N) is 1. The van der Waals surface area contributed by atoms with E-state index in [1.54, 1.807) is 4.68 Å². The Kier molecular flexibility index (Phi) is 5.74. The second-order valence-electron chi connectivity index (χ2n) is 8.00. The highest BCUT2D eigenvalue weighted by molar-refractivity contribution is 5.79. The minimum atomic E-state index is -0.308. The highest BCUT2D eigenvalue weighted by atomic mass is 16.1. The molecule has 1 amide bonds. The van der Waals surface area contributed by atoms with E-state index in [9.17, 15) is 4.79 Å². The summed E-state index contributed by atoms with van der Waals surface area (Å²) in [5, 5.41) is 11.5. The Hall–Kier alpha value is -2.95. The molecule has 5 heteroatoms. The first-order valence-electron chi connectivity index (χ1n) is 10.5. The minimum absolute atomic E-state index is 0.0162.